The number of piperidine rings is 2. The summed E-state index contributed by atoms with van der Waals surface area (Å²) >= 11 is 0. The van der Waals surface area contributed by atoms with Gasteiger partial charge in [-0.3, -0.25) is 4.79 Å². The van der Waals surface area contributed by atoms with Crippen molar-refractivity contribution in [2.24, 2.45) is 5.41 Å². The third-order valence-electron chi connectivity index (χ3n) is 5.62. The van der Waals surface area contributed by atoms with Crippen molar-refractivity contribution in [3.63, 3.8) is 0 Å². The number of aryl methyl sites for hydroxylation is 1. The van der Waals surface area contributed by atoms with Crippen molar-refractivity contribution in [3.8, 4) is 0 Å². The molecule has 1 amide bonds. The van der Waals surface area contributed by atoms with Crippen LogP contribution in [0.2, 0.25) is 0 Å². The molecule has 0 saturated carbocycles. The first kappa shape index (κ1) is 16.9. The minimum Gasteiger partial charge on any atom is -0.369 e. The van der Waals surface area contributed by atoms with Gasteiger partial charge in [0.15, 0.2) is 5.82 Å². The number of hydrogen-bond acceptors (Lipinski definition) is 7. The Morgan fingerprint density at radius 2 is 1.96 bits per heavy atom. The summed E-state index contributed by atoms with van der Waals surface area (Å²) in [5.41, 5.74) is 1.31. The minimum atomic E-state index is 0.0895. The van der Waals surface area contributed by atoms with Gasteiger partial charge in [0, 0.05) is 26.2 Å². The van der Waals surface area contributed by atoms with Crippen LogP contribution in [0, 0.1) is 12.3 Å². The van der Waals surface area contributed by atoms with Crippen LogP contribution < -0.4 is 4.90 Å². The van der Waals surface area contributed by atoms with Crippen molar-refractivity contribution < 1.29 is 9.32 Å². The lowest BCUT2D eigenvalue weighted by Crippen LogP contribution is -2.51. The average Bonchev–Trinajstić information content (AvgIpc) is 3.08. The maximum Gasteiger partial charge on any atom is 0.236 e. The number of rotatable bonds is 3. The number of carbonyl (C=O) groups is 1. The summed E-state index contributed by atoms with van der Waals surface area (Å²) in [6.45, 7) is 5.39. The van der Waals surface area contributed by atoms with Crippen molar-refractivity contribution in [3.05, 3.63) is 30.4 Å². The molecule has 2 aliphatic rings. The van der Waals surface area contributed by atoms with Crippen LogP contribution in [0.1, 0.15) is 37.4 Å². The molecule has 2 aromatic rings. The van der Waals surface area contributed by atoms with Crippen LogP contribution in [0.4, 0.5) is 5.69 Å². The van der Waals surface area contributed by atoms with E-state index in [0.717, 1.165) is 51.1 Å². The van der Waals surface area contributed by atoms with Gasteiger partial charge in [-0.2, -0.15) is 4.98 Å². The zero-order chi connectivity index (χ0) is 18.0. The number of nitrogens with zero attached hydrogens (tertiary/aromatic N) is 6. The van der Waals surface area contributed by atoms with Gasteiger partial charge < -0.3 is 14.3 Å². The molecule has 2 fully saturated rings. The van der Waals surface area contributed by atoms with Crippen LogP contribution in [-0.4, -0.2) is 57.1 Å². The molecule has 2 aliphatic heterocycles. The van der Waals surface area contributed by atoms with Gasteiger partial charge in [0.25, 0.3) is 0 Å². The van der Waals surface area contributed by atoms with Crippen LogP contribution >= 0.6 is 0 Å². The molecular formula is C18H24N6O2. The van der Waals surface area contributed by atoms with E-state index in [1.54, 1.807) is 13.3 Å². The highest BCUT2D eigenvalue weighted by Crippen LogP contribution is 2.40. The van der Waals surface area contributed by atoms with E-state index in [0.29, 0.717) is 11.7 Å². The van der Waals surface area contributed by atoms with Gasteiger partial charge in [0.05, 0.1) is 18.1 Å². The van der Waals surface area contributed by atoms with E-state index in [1.807, 2.05) is 17.3 Å². The van der Waals surface area contributed by atoms with Gasteiger partial charge >= 0.3 is 0 Å². The van der Waals surface area contributed by atoms with Crippen LogP contribution in [0.5, 0.6) is 0 Å². The van der Waals surface area contributed by atoms with Crippen LogP contribution in [-0.2, 0) is 11.2 Å². The largest absolute Gasteiger partial charge is 0.369 e. The molecule has 0 atom stereocenters. The Labute approximate surface area is 152 Å². The summed E-state index contributed by atoms with van der Waals surface area (Å²) in [6, 6.07) is 0. The fraction of sp³-hybridized carbons (Fsp3) is 0.611. The van der Waals surface area contributed by atoms with Gasteiger partial charge in [-0.25, -0.2) is 9.97 Å². The maximum absolute atomic E-state index is 12.7. The first-order chi connectivity index (χ1) is 12.6. The highest BCUT2D eigenvalue weighted by molar-refractivity contribution is 5.78. The zero-order valence-corrected chi connectivity index (χ0v) is 15.1. The number of likely N-dealkylation sites (tertiary alicyclic amines) is 1. The van der Waals surface area contributed by atoms with Gasteiger partial charge in [-0.15, -0.1) is 0 Å². The fourth-order valence-corrected chi connectivity index (χ4v) is 4.18. The Kier molecular flexibility index (Phi) is 4.57. The number of hydrogen-bond donors (Lipinski definition) is 0. The van der Waals surface area contributed by atoms with E-state index < -0.39 is 0 Å². The Hall–Kier alpha value is -2.51. The van der Waals surface area contributed by atoms with E-state index in [-0.39, 0.29) is 17.7 Å². The highest BCUT2D eigenvalue weighted by Gasteiger charge is 2.39. The van der Waals surface area contributed by atoms with Crippen LogP contribution in [0.15, 0.2) is 23.2 Å². The molecule has 0 aliphatic carbocycles. The van der Waals surface area contributed by atoms with Crippen LogP contribution in [0.25, 0.3) is 0 Å². The van der Waals surface area contributed by atoms with E-state index in [2.05, 4.69) is 25.0 Å². The average molecular weight is 356 g/mol. The number of carbonyl (C=O) groups excluding carboxylic acids is 1. The summed E-state index contributed by atoms with van der Waals surface area (Å²) in [5.74, 6) is 1.07. The lowest BCUT2D eigenvalue weighted by Gasteiger charge is -2.48. The Morgan fingerprint density at radius 1 is 1.19 bits per heavy atom. The summed E-state index contributed by atoms with van der Waals surface area (Å²) in [7, 11) is 0. The SMILES string of the molecule is Cc1noc(CC(=O)N2CCCC3(CCN(c4cncnc4)CC3)C2)n1. The third kappa shape index (κ3) is 3.54. The van der Waals surface area contributed by atoms with Gasteiger partial charge in [-0.05, 0) is 38.0 Å². The predicted molar refractivity (Wildman–Crippen MR) is 94.5 cm³/mol. The second-order valence-electron chi connectivity index (χ2n) is 7.41. The Morgan fingerprint density at radius 3 is 2.65 bits per heavy atom. The maximum atomic E-state index is 12.7. The summed E-state index contributed by atoms with van der Waals surface area (Å²) < 4.78 is 5.10. The first-order valence-electron chi connectivity index (χ1n) is 9.21. The second kappa shape index (κ2) is 7.01. The zero-order valence-electron chi connectivity index (χ0n) is 15.1. The van der Waals surface area contributed by atoms with Crippen molar-refractivity contribution in [1.82, 2.24) is 25.0 Å². The second-order valence-corrected chi connectivity index (χ2v) is 7.41. The topological polar surface area (TPSA) is 88.3 Å². The van der Waals surface area contributed by atoms with Gasteiger partial charge in [-0.1, -0.05) is 5.16 Å². The molecule has 26 heavy (non-hydrogen) atoms. The number of anilines is 1. The number of aromatic nitrogens is 4. The molecule has 0 radical (unpaired) electrons. The van der Waals surface area contributed by atoms with E-state index >= 15 is 0 Å². The molecule has 0 aromatic carbocycles. The molecule has 4 heterocycles. The van der Waals surface area contributed by atoms with Gasteiger partial charge in [0.2, 0.25) is 11.8 Å². The lowest BCUT2D eigenvalue weighted by atomic mass is 9.72. The minimum absolute atomic E-state index is 0.0895. The van der Waals surface area contributed by atoms with E-state index in [1.165, 1.54) is 6.42 Å². The smallest absolute Gasteiger partial charge is 0.236 e. The molecule has 8 heteroatoms. The van der Waals surface area contributed by atoms with Gasteiger partial charge in [0.1, 0.15) is 12.7 Å². The van der Waals surface area contributed by atoms with Crippen molar-refractivity contribution in [1.29, 1.82) is 0 Å². The number of amides is 1. The summed E-state index contributed by atoms with van der Waals surface area (Å²) in [4.78, 5) is 29.4. The van der Waals surface area contributed by atoms with Crippen LogP contribution in [0.3, 0.4) is 0 Å². The Bertz CT molecular complexity index is 754. The molecule has 138 valence electrons. The molecule has 0 unspecified atom stereocenters. The van der Waals surface area contributed by atoms with E-state index in [4.69, 9.17) is 4.52 Å². The fourth-order valence-electron chi connectivity index (χ4n) is 4.18. The molecule has 2 saturated heterocycles. The van der Waals surface area contributed by atoms with Crippen molar-refractivity contribution in [2.45, 2.75) is 39.0 Å². The molecular weight excluding hydrogens is 332 g/mol. The molecule has 0 N–H and O–H groups in total. The summed E-state index contributed by atoms with van der Waals surface area (Å²) in [5, 5.41) is 3.76. The monoisotopic (exact) mass is 356 g/mol. The lowest BCUT2D eigenvalue weighted by molar-refractivity contribution is -0.134. The normalized spacial score (nSPS) is 19.7. The molecule has 8 nitrogen and oxygen atoms in total. The molecule has 0 bridgehead atoms. The Balaban J connectivity index is 1.37. The quantitative estimate of drug-likeness (QED) is 0.825. The molecule has 1 spiro atoms. The van der Waals surface area contributed by atoms with Crippen molar-refractivity contribution >= 4 is 11.6 Å². The molecule has 4 rings (SSSR count). The highest BCUT2D eigenvalue weighted by atomic mass is 16.5. The summed E-state index contributed by atoms with van der Waals surface area (Å²) in [6.07, 6.45) is 9.92. The standard InChI is InChI=1S/C18H24N6O2/c1-14-21-16(26-22-14)9-17(25)24-6-2-3-18(12-24)4-7-23(8-5-18)15-10-19-13-20-11-15/h10-11,13H,2-9,12H2,1H3. The molecule has 2 aromatic heterocycles. The first-order valence-corrected chi connectivity index (χ1v) is 9.21. The van der Waals surface area contributed by atoms with Crippen molar-refractivity contribution in [2.75, 3.05) is 31.1 Å². The third-order valence-corrected chi connectivity index (χ3v) is 5.62. The predicted octanol–water partition coefficient (Wildman–Crippen LogP) is 1.62. The van der Waals surface area contributed by atoms with E-state index in [9.17, 15) is 4.79 Å².